The highest BCUT2D eigenvalue weighted by Gasteiger charge is 2.26. The quantitative estimate of drug-likeness (QED) is 0.821. The van der Waals surface area contributed by atoms with Crippen molar-refractivity contribution in [1.29, 1.82) is 0 Å². The van der Waals surface area contributed by atoms with Gasteiger partial charge in [-0.1, -0.05) is 0 Å². The molecule has 92 valence electrons. The van der Waals surface area contributed by atoms with Crippen LogP contribution in [0.5, 0.6) is 0 Å². The first-order valence-corrected chi connectivity index (χ1v) is 6.65. The van der Waals surface area contributed by atoms with Crippen molar-refractivity contribution in [3.63, 3.8) is 0 Å². The monoisotopic (exact) mass is 254 g/mol. The van der Waals surface area contributed by atoms with Crippen molar-refractivity contribution in [3.8, 4) is 0 Å². The van der Waals surface area contributed by atoms with E-state index in [0.717, 1.165) is 17.9 Å². The molecule has 1 heterocycles. The molecule has 1 amide bonds. The van der Waals surface area contributed by atoms with Crippen LogP contribution in [-0.2, 0) is 0 Å². The van der Waals surface area contributed by atoms with E-state index >= 15 is 0 Å². The Morgan fingerprint density at radius 2 is 2.35 bits per heavy atom. The number of nitrogens with two attached hydrogens (primary N) is 1. The number of nitrogen functional groups attached to an aromatic ring is 1. The average molecular weight is 254 g/mol. The summed E-state index contributed by atoms with van der Waals surface area (Å²) < 4.78 is 13.6. The lowest BCUT2D eigenvalue weighted by Crippen LogP contribution is -2.37. The number of anilines is 1. The molecule has 0 aliphatic carbocycles. The van der Waals surface area contributed by atoms with Gasteiger partial charge in [-0.3, -0.25) is 4.79 Å². The predicted molar refractivity (Wildman–Crippen MR) is 68.6 cm³/mol. The molecule has 0 radical (unpaired) electrons. The van der Waals surface area contributed by atoms with Crippen LogP contribution in [0.1, 0.15) is 16.8 Å². The highest BCUT2D eigenvalue weighted by atomic mass is 32.2. The fourth-order valence-electron chi connectivity index (χ4n) is 1.89. The maximum atomic E-state index is 13.6. The fraction of sp³-hybridized carbons (Fsp3) is 0.417. The van der Waals surface area contributed by atoms with Crippen molar-refractivity contribution < 1.29 is 9.18 Å². The van der Waals surface area contributed by atoms with Crippen molar-refractivity contribution in [2.45, 2.75) is 12.5 Å². The second-order valence-electron chi connectivity index (χ2n) is 4.17. The van der Waals surface area contributed by atoms with Gasteiger partial charge < -0.3 is 10.6 Å². The molecule has 1 aromatic rings. The minimum atomic E-state index is -0.512. The molecule has 2 rings (SSSR count). The largest absolute Gasteiger partial charge is 0.399 e. The van der Waals surface area contributed by atoms with Gasteiger partial charge >= 0.3 is 0 Å². The van der Waals surface area contributed by atoms with Crippen LogP contribution in [0.25, 0.3) is 0 Å². The molecule has 1 aliphatic heterocycles. The summed E-state index contributed by atoms with van der Waals surface area (Å²) in [5.74, 6) is 1.18. The third-order valence-corrected chi connectivity index (χ3v) is 4.14. The van der Waals surface area contributed by atoms with E-state index in [1.807, 2.05) is 11.8 Å². The van der Waals surface area contributed by atoms with E-state index in [2.05, 4.69) is 0 Å². The van der Waals surface area contributed by atoms with E-state index in [0.29, 0.717) is 5.69 Å². The molecule has 1 saturated heterocycles. The van der Waals surface area contributed by atoms with Crippen LogP contribution in [0.2, 0.25) is 0 Å². The highest BCUT2D eigenvalue weighted by molar-refractivity contribution is 7.99. The zero-order valence-corrected chi connectivity index (χ0v) is 10.5. The Labute approximate surface area is 104 Å². The summed E-state index contributed by atoms with van der Waals surface area (Å²) in [5, 5.41) is 0. The van der Waals surface area contributed by atoms with Crippen LogP contribution in [-0.4, -0.2) is 35.4 Å². The summed E-state index contributed by atoms with van der Waals surface area (Å²) in [7, 11) is 1.72. The highest BCUT2D eigenvalue weighted by Crippen LogP contribution is 2.23. The predicted octanol–water partition coefficient (Wildman–Crippen LogP) is 1.99. The Balaban J connectivity index is 2.20. The van der Waals surface area contributed by atoms with Gasteiger partial charge in [-0.15, -0.1) is 0 Å². The Morgan fingerprint density at radius 3 is 3.00 bits per heavy atom. The molecule has 17 heavy (non-hydrogen) atoms. The third-order valence-electron chi connectivity index (χ3n) is 2.99. The van der Waals surface area contributed by atoms with Gasteiger partial charge in [0.25, 0.3) is 5.91 Å². The molecule has 2 N–H and O–H groups in total. The summed E-state index contributed by atoms with van der Waals surface area (Å²) in [6.07, 6.45) is 0.969. The first kappa shape index (κ1) is 12.2. The topological polar surface area (TPSA) is 46.3 Å². The van der Waals surface area contributed by atoms with Crippen molar-refractivity contribution in [3.05, 3.63) is 29.6 Å². The van der Waals surface area contributed by atoms with Crippen molar-refractivity contribution >= 4 is 23.4 Å². The molecule has 0 aromatic heterocycles. The molecule has 0 saturated carbocycles. The number of halogens is 1. The first-order chi connectivity index (χ1) is 8.09. The van der Waals surface area contributed by atoms with Crippen LogP contribution in [0.15, 0.2) is 18.2 Å². The number of thioether (sulfide) groups is 1. The summed E-state index contributed by atoms with van der Waals surface area (Å²) in [5.41, 5.74) is 6.04. The number of hydrogen-bond donors (Lipinski definition) is 1. The third kappa shape index (κ3) is 2.54. The minimum Gasteiger partial charge on any atom is -0.399 e. The Morgan fingerprint density at radius 1 is 1.59 bits per heavy atom. The second kappa shape index (κ2) is 4.96. The summed E-state index contributed by atoms with van der Waals surface area (Å²) >= 11 is 1.82. The van der Waals surface area contributed by atoms with Crippen molar-refractivity contribution in [1.82, 2.24) is 4.90 Å². The first-order valence-electron chi connectivity index (χ1n) is 5.49. The normalized spacial score (nSPS) is 19.3. The Kier molecular flexibility index (Phi) is 3.57. The number of hydrogen-bond acceptors (Lipinski definition) is 3. The molecule has 1 aliphatic rings. The van der Waals surface area contributed by atoms with Gasteiger partial charge in [0.2, 0.25) is 0 Å². The van der Waals surface area contributed by atoms with Gasteiger partial charge in [0.05, 0.1) is 5.56 Å². The average Bonchev–Trinajstić information content (AvgIpc) is 2.84. The molecular weight excluding hydrogens is 239 g/mol. The molecule has 1 unspecified atom stereocenters. The van der Waals surface area contributed by atoms with Crippen LogP contribution in [0, 0.1) is 5.82 Å². The number of nitrogens with zero attached hydrogens (tertiary/aromatic N) is 1. The van der Waals surface area contributed by atoms with E-state index in [1.54, 1.807) is 11.9 Å². The molecule has 5 heteroatoms. The smallest absolute Gasteiger partial charge is 0.256 e. The maximum absolute atomic E-state index is 13.6. The molecule has 0 bridgehead atoms. The van der Waals surface area contributed by atoms with Gasteiger partial charge in [0.15, 0.2) is 0 Å². The number of amides is 1. The van der Waals surface area contributed by atoms with Crippen molar-refractivity contribution in [2.75, 3.05) is 24.3 Å². The van der Waals surface area contributed by atoms with Crippen molar-refractivity contribution in [2.24, 2.45) is 0 Å². The number of carbonyl (C=O) groups is 1. The van der Waals surface area contributed by atoms with Crippen LogP contribution in [0.3, 0.4) is 0 Å². The van der Waals surface area contributed by atoms with Crippen LogP contribution in [0.4, 0.5) is 10.1 Å². The lowest BCUT2D eigenvalue weighted by Gasteiger charge is -2.24. The van der Waals surface area contributed by atoms with Gasteiger partial charge in [-0.2, -0.15) is 11.8 Å². The molecule has 1 atom stereocenters. The van der Waals surface area contributed by atoms with E-state index in [9.17, 15) is 9.18 Å². The van der Waals surface area contributed by atoms with E-state index < -0.39 is 5.82 Å². The fourth-order valence-corrected chi connectivity index (χ4v) is 3.16. The molecule has 3 nitrogen and oxygen atoms in total. The minimum absolute atomic E-state index is 0.0596. The maximum Gasteiger partial charge on any atom is 0.256 e. The summed E-state index contributed by atoms with van der Waals surface area (Å²) in [6.45, 7) is 0. The SMILES string of the molecule is CN(C(=O)c1cc(N)ccc1F)C1CCSC1. The molecular formula is C12H15FN2OS. The van der Waals surface area contributed by atoms with E-state index in [-0.39, 0.29) is 17.5 Å². The van der Waals surface area contributed by atoms with Crippen LogP contribution >= 0.6 is 11.8 Å². The Hall–Kier alpha value is -1.23. The number of rotatable bonds is 2. The van der Waals surface area contributed by atoms with E-state index in [1.165, 1.54) is 18.2 Å². The lowest BCUT2D eigenvalue weighted by molar-refractivity contribution is 0.0743. The summed E-state index contributed by atoms with van der Waals surface area (Å²) in [4.78, 5) is 13.7. The van der Waals surface area contributed by atoms with Gasteiger partial charge in [-0.25, -0.2) is 4.39 Å². The lowest BCUT2D eigenvalue weighted by atomic mass is 10.1. The number of carbonyl (C=O) groups excluding carboxylic acids is 1. The Bertz CT molecular complexity index is 433. The zero-order chi connectivity index (χ0) is 12.4. The van der Waals surface area contributed by atoms with Gasteiger partial charge in [0, 0.05) is 24.5 Å². The molecule has 0 spiro atoms. The van der Waals surface area contributed by atoms with E-state index in [4.69, 9.17) is 5.73 Å². The van der Waals surface area contributed by atoms with Gasteiger partial charge in [-0.05, 0) is 30.4 Å². The van der Waals surface area contributed by atoms with Crippen LogP contribution < -0.4 is 5.73 Å². The number of benzene rings is 1. The van der Waals surface area contributed by atoms with Gasteiger partial charge in [0.1, 0.15) is 5.82 Å². The second-order valence-corrected chi connectivity index (χ2v) is 5.32. The molecule has 1 fully saturated rings. The zero-order valence-electron chi connectivity index (χ0n) is 9.65. The molecule has 1 aromatic carbocycles. The standard InChI is InChI=1S/C12H15FN2OS/c1-15(9-4-5-17-7-9)12(16)10-6-8(14)2-3-11(10)13/h2-3,6,9H,4-5,7,14H2,1H3. The summed E-state index contributed by atoms with van der Waals surface area (Å²) in [6, 6.07) is 4.29.